The molecule has 1 fully saturated rings. The maximum atomic E-state index is 13.2. The molecule has 0 N–H and O–H groups in total. The van der Waals surface area contributed by atoms with Crippen molar-refractivity contribution in [1.82, 2.24) is 24.6 Å². The highest BCUT2D eigenvalue weighted by Gasteiger charge is 2.23. The van der Waals surface area contributed by atoms with Crippen molar-refractivity contribution in [3.8, 4) is 28.6 Å². The molecule has 2 heterocycles. The van der Waals surface area contributed by atoms with Crippen molar-refractivity contribution in [3.63, 3.8) is 0 Å². The Hall–Kier alpha value is -4.08. The smallest absolute Gasteiger partial charge is 0.233 e. The van der Waals surface area contributed by atoms with E-state index in [2.05, 4.69) is 39.4 Å². The van der Waals surface area contributed by atoms with Crippen LogP contribution in [0.1, 0.15) is 5.56 Å². The number of methoxy groups -OCH3 is 2. The summed E-state index contributed by atoms with van der Waals surface area (Å²) >= 11 is 1.40. The highest BCUT2D eigenvalue weighted by molar-refractivity contribution is 7.99. The lowest BCUT2D eigenvalue weighted by Crippen LogP contribution is -2.49. The molecule has 0 unspecified atom stereocenters. The van der Waals surface area contributed by atoms with Crippen LogP contribution in [0, 0.1) is 0 Å². The van der Waals surface area contributed by atoms with E-state index in [4.69, 9.17) is 9.47 Å². The summed E-state index contributed by atoms with van der Waals surface area (Å²) in [6.07, 6.45) is 4.33. The van der Waals surface area contributed by atoms with Gasteiger partial charge in [-0.15, -0.1) is 10.2 Å². The largest absolute Gasteiger partial charge is 0.497 e. The number of carbonyl (C=O) groups is 1. The van der Waals surface area contributed by atoms with E-state index in [0.717, 1.165) is 55.5 Å². The molecule has 1 aromatic heterocycles. The molecule has 0 atom stereocenters. The fraction of sp³-hybridized carbons (Fsp3) is 0.258. The van der Waals surface area contributed by atoms with Gasteiger partial charge < -0.3 is 14.4 Å². The summed E-state index contributed by atoms with van der Waals surface area (Å²) in [5, 5.41) is 9.62. The minimum atomic E-state index is 0.108. The Morgan fingerprint density at radius 3 is 2.35 bits per heavy atom. The van der Waals surface area contributed by atoms with E-state index in [1.165, 1.54) is 17.3 Å². The second-order valence-electron chi connectivity index (χ2n) is 9.35. The van der Waals surface area contributed by atoms with Gasteiger partial charge in [-0.25, -0.2) is 0 Å². The predicted molar refractivity (Wildman–Crippen MR) is 159 cm³/mol. The van der Waals surface area contributed by atoms with Crippen molar-refractivity contribution in [2.24, 2.45) is 0 Å². The second kappa shape index (κ2) is 13.3. The van der Waals surface area contributed by atoms with Crippen LogP contribution in [0.15, 0.2) is 90.1 Å². The Morgan fingerprint density at radius 2 is 1.62 bits per heavy atom. The molecule has 9 heteroatoms. The highest BCUT2D eigenvalue weighted by atomic mass is 32.2. The first-order valence-corrected chi connectivity index (χ1v) is 14.2. The van der Waals surface area contributed by atoms with Crippen LogP contribution in [0.3, 0.4) is 0 Å². The molecular weight excluding hydrogens is 522 g/mol. The Bertz CT molecular complexity index is 1430. The third-order valence-corrected chi connectivity index (χ3v) is 7.73. The summed E-state index contributed by atoms with van der Waals surface area (Å²) in [6.45, 7) is 4.04. The zero-order valence-corrected chi connectivity index (χ0v) is 23.6. The van der Waals surface area contributed by atoms with E-state index in [1.807, 2.05) is 76.2 Å². The number of nitrogens with zero attached hydrogens (tertiary/aromatic N) is 5. The van der Waals surface area contributed by atoms with Crippen LogP contribution in [0.5, 0.6) is 11.5 Å². The SMILES string of the molecule is COc1ccc(-n2c(SCC(=O)N3CCN(C/C=C/c4ccccc4)CC3)nnc2-c2cccc(OC)c2)cc1. The average Bonchev–Trinajstić information content (AvgIpc) is 3.45. The average molecular weight is 556 g/mol. The molecule has 1 amide bonds. The van der Waals surface area contributed by atoms with Crippen LogP contribution in [-0.4, -0.2) is 83.2 Å². The lowest BCUT2D eigenvalue weighted by molar-refractivity contribution is -0.130. The molecule has 0 spiro atoms. The van der Waals surface area contributed by atoms with Crippen molar-refractivity contribution in [1.29, 1.82) is 0 Å². The summed E-state index contributed by atoms with van der Waals surface area (Å²) in [7, 11) is 3.28. The third-order valence-electron chi connectivity index (χ3n) is 6.82. The first-order chi connectivity index (χ1) is 19.6. The molecule has 3 aromatic carbocycles. The van der Waals surface area contributed by atoms with Gasteiger partial charge in [0.15, 0.2) is 11.0 Å². The standard InChI is InChI=1S/C31H33N5O3S/c1-38-27-15-13-26(14-16-27)36-30(25-11-6-12-28(22-25)39-2)32-33-31(36)40-23-29(37)35-20-18-34(19-21-35)17-7-10-24-8-4-3-5-9-24/h3-16,22H,17-21,23H2,1-2H3/b10-7+. The molecule has 0 aliphatic carbocycles. The molecular formula is C31H33N5O3S. The third kappa shape index (κ3) is 6.73. The van der Waals surface area contributed by atoms with Crippen molar-refractivity contribution in [3.05, 3.63) is 90.5 Å². The van der Waals surface area contributed by atoms with E-state index in [-0.39, 0.29) is 5.91 Å². The Balaban J connectivity index is 1.24. The van der Waals surface area contributed by atoms with Crippen molar-refractivity contribution < 1.29 is 14.3 Å². The van der Waals surface area contributed by atoms with Gasteiger partial charge in [0.25, 0.3) is 0 Å². The molecule has 206 valence electrons. The van der Waals surface area contributed by atoms with Gasteiger partial charge in [-0.3, -0.25) is 14.3 Å². The predicted octanol–water partition coefficient (Wildman–Crippen LogP) is 4.90. The fourth-order valence-corrected chi connectivity index (χ4v) is 5.43. The van der Waals surface area contributed by atoms with Gasteiger partial charge in [-0.1, -0.05) is 66.4 Å². The number of carbonyl (C=O) groups excluding carboxylic acids is 1. The molecule has 4 aromatic rings. The minimum Gasteiger partial charge on any atom is -0.497 e. The number of amides is 1. The van der Waals surface area contributed by atoms with E-state index < -0.39 is 0 Å². The van der Waals surface area contributed by atoms with Crippen LogP contribution >= 0.6 is 11.8 Å². The number of thioether (sulfide) groups is 1. The van der Waals surface area contributed by atoms with E-state index in [1.54, 1.807) is 14.2 Å². The minimum absolute atomic E-state index is 0.108. The van der Waals surface area contributed by atoms with Crippen LogP contribution in [0.4, 0.5) is 0 Å². The molecule has 1 aliphatic rings. The van der Waals surface area contributed by atoms with Crippen molar-refractivity contribution in [2.75, 3.05) is 52.7 Å². The number of aromatic nitrogens is 3. The van der Waals surface area contributed by atoms with Crippen molar-refractivity contribution in [2.45, 2.75) is 5.16 Å². The normalized spacial score (nSPS) is 14.0. The van der Waals surface area contributed by atoms with Crippen LogP contribution in [-0.2, 0) is 4.79 Å². The molecule has 1 saturated heterocycles. The summed E-state index contributed by atoms with van der Waals surface area (Å²) in [4.78, 5) is 17.5. The fourth-order valence-electron chi connectivity index (χ4n) is 4.58. The van der Waals surface area contributed by atoms with Crippen LogP contribution in [0.25, 0.3) is 23.2 Å². The lowest BCUT2D eigenvalue weighted by Gasteiger charge is -2.34. The topological polar surface area (TPSA) is 72.7 Å². The highest BCUT2D eigenvalue weighted by Crippen LogP contribution is 2.30. The Labute approximate surface area is 239 Å². The first kappa shape index (κ1) is 27.5. The quantitative estimate of drug-likeness (QED) is 0.258. The maximum Gasteiger partial charge on any atom is 0.233 e. The summed E-state index contributed by atoms with van der Waals surface area (Å²) in [5.74, 6) is 2.58. The van der Waals surface area contributed by atoms with Gasteiger partial charge in [-0.2, -0.15) is 0 Å². The van der Waals surface area contributed by atoms with Gasteiger partial charge >= 0.3 is 0 Å². The van der Waals surface area contributed by atoms with Gasteiger partial charge in [-0.05, 0) is 42.0 Å². The lowest BCUT2D eigenvalue weighted by atomic mass is 10.2. The van der Waals surface area contributed by atoms with Crippen molar-refractivity contribution >= 4 is 23.7 Å². The zero-order chi connectivity index (χ0) is 27.7. The summed E-state index contributed by atoms with van der Waals surface area (Å²) in [5.41, 5.74) is 2.96. The number of hydrogen-bond donors (Lipinski definition) is 0. The molecule has 5 rings (SSSR count). The van der Waals surface area contributed by atoms with Crippen LogP contribution in [0.2, 0.25) is 0 Å². The van der Waals surface area contributed by atoms with Gasteiger partial charge in [0.1, 0.15) is 11.5 Å². The Morgan fingerprint density at radius 1 is 0.875 bits per heavy atom. The van der Waals surface area contributed by atoms with Gasteiger partial charge in [0.2, 0.25) is 5.91 Å². The maximum absolute atomic E-state index is 13.2. The summed E-state index contributed by atoms with van der Waals surface area (Å²) in [6, 6.07) is 25.7. The Kier molecular flexibility index (Phi) is 9.15. The number of piperazine rings is 1. The first-order valence-electron chi connectivity index (χ1n) is 13.2. The van der Waals surface area contributed by atoms with E-state index >= 15 is 0 Å². The zero-order valence-electron chi connectivity index (χ0n) is 22.8. The molecule has 0 saturated carbocycles. The molecule has 8 nitrogen and oxygen atoms in total. The number of ether oxygens (including phenoxy) is 2. The molecule has 0 radical (unpaired) electrons. The molecule has 1 aliphatic heterocycles. The van der Waals surface area contributed by atoms with E-state index in [0.29, 0.717) is 16.7 Å². The number of hydrogen-bond acceptors (Lipinski definition) is 7. The number of benzene rings is 3. The molecule has 0 bridgehead atoms. The van der Waals surface area contributed by atoms with Gasteiger partial charge in [0, 0.05) is 44.0 Å². The number of rotatable bonds is 10. The monoisotopic (exact) mass is 555 g/mol. The second-order valence-corrected chi connectivity index (χ2v) is 10.3. The van der Waals surface area contributed by atoms with Crippen LogP contribution < -0.4 is 9.47 Å². The van der Waals surface area contributed by atoms with Gasteiger partial charge in [0.05, 0.1) is 20.0 Å². The molecule has 40 heavy (non-hydrogen) atoms. The van der Waals surface area contributed by atoms with E-state index in [9.17, 15) is 4.79 Å². The summed E-state index contributed by atoms with van der Waals surface area (Å²) < 4.78 is 12.7.